The van der Waals surface area contributed by atoms with E-state index in [2.05, 4.69) is 74.6 Å². The zero-order chi connectivity index (χ0) is 64.4. The van der Waals surface area contributed by atoms with Crippen molar-refractivity contribution in [2.75, 3.05) is 26.4 Å². The Balaban J connectivity index is 3.76. The van der Waals surface area contributed by atoms with Crippen molar-refractivity contribution in [1.82, 2.24) is 0 Å². The molecular formula is C79H148NO8P. The van der Waals surface area contributed by atoms with E-state index in [0.717, 1.165) is 51.4 Å². The zero-order valence-electron chi connectivity index (χ0n) is 58.9. The molecule has 0 aromatic rings. The highest BCUT2D eigenvalue weighted by atomic mass is 31.2. The number of unbranched alkanes of at least 4 members (excludes halogenated alkanes) is 51. The molecule has 0 aromatic carbocycles. The summed E-state index contributed by atoms with van der Waals surface area (Å²) in [6, 6.07) is 0. The van der Waals surface area contributed by atoms with Gasteiger partial charge in [-0.2, -0.15) is 0 Å². The maximum absolute atomic E-state index is 12.8. The quantitative estimate of drug-likeness (QED) is 0.0264. The Morgan fingerprint density at radius 3 is 0.865 bits per heavy atom. The number of ether oxygens (including phenoxy) is 2. The van der Waals surface area contributed by atoms with Gasteiger partial charge in [0.1, 0.15) is 6.61 Å². The first-order valence-corrected chi connectivity index (χ1v) is 40.3. The Morgan fingerprint density at radius 2 is 0.584 bits per heavy atom. The predicted molar refractivity (Wildman–Crippen MR) is 386 cm³/mol. The molecule has 0 aromatic heterocycles. The molecule has 0 spiro atoms. The lowest BCUT2D eigenvalue weighted by atomic mass is 10.0. The molecule has 0 aliphatic heterocycles. The Kier molecular flexibility index (Phi) is 72.8. The van der Waals surface area contributed by atoms with Crippen LogP contribution in [0.1, 0.15) is 399 Å². The molecule has 522 valence electrons. The number of phosphoric acid groups is 1. The molecule has 10 heteroatoms. The molecule has 0 aliphatic rings. The van der Waals surface area contributed by atoms with Gasteiger partial charge < -0.3 is 20.1 Å². The number of nitrogens with two attached hydrogens (primary N) is 1. The molecule has 0 rings (SSSR count). The van der Waals surface area contributed by atoms with Crippen molar-refractivity contribution in [1.29, 1.82) is 0 Å². The number of carbonyl (C=O) groups excluding carboxylic acids is 2. The van der Waals surface area contributed by atoms with E-state index >= 15 is 0 Å². The smallest absolute Gasteiger partial charge is 0.462 e. The molecule has 0 saturated carbocycles. The van der Waals surface area contributed by atoms with E-state index in [1.807, 2.05) is 0 Å². The molecular weight excluding hydrogens is 1120 g/mol. The van der Waals surface area contributed by atoms with Gasteiger partial charge >= 0.3 is 19.8 Å². The van der Waals surface area contributed by atoms with Gasteiger partial charge in [0.15, 0.2) is 6.10 Å². The molecule has 0 radical (unpaired) electrons. The van der Waals surface area contributed by atoms with Crippen molar-refractivity contribution in [3.05, 3.63) is 60.8 Å². The second-order valence-electron chi connectivity index (χ2n) is 26.2. The molecule has 2 atom stereocenters. The minimum absolute atomic E-state index is 0.0549. The molecule has 89 heavy (non-hydrogen) atoms. The number of esters is 2. The summed E-state index contributed by atoms with van der Waals surface area (Å²) < 4.78 is 33.2. The molecule has 0 bridgehead atoms. The minimum Gasteiger partial charge on any atom is -0.462 e. The van der Waals surface area contributed by atoms with Crippen molar-refractivity contribution in [2.24, 2.45) is 5.73 Å². The lowest BCUT2D eigenvalue weighted by Gasteiger charge is -2.19. The topological polar surface area (TPSA) is 134 Å². The van der Waals surface area contributed by atoms with Crippen LogP contribution in [-0.4, -0.2) is 49.3 Å². The summed E-state index contributed by atoms with van der Waals surface area (Å²) in [6.07, 6.45) is 97.8. The van der Waals surface area contributed by atoms with Gasteiger partial charge in [-0.3, -0.25) is 18.6 Å². The SMILES string of the molecule is CCCCCCC/C=C\C/C=C\C/C=C\CCCCCCCCCCCCCCCCCCCCCCCCCCCCC(=O)OC(COC(=O)CCCCCCCCCCCCCCCCC/C=C\C/C=C\CCCCCCC)COP(=O)(O)OCCN. The van der Waals surface area contributed by atoms with Crippen molar-refractivity contribution >= 4 is 19.8 Å². The average molecular weight is 1270 g/mol. The largest absolute Gasteiger partial charge is 0.472 e. The molecule has 9 nitrogen and oxygen atoms in total. The molecule has 2 unspecified atom stereocenters. The fraction of sp³-hybridized carbons (Fsp3) is 0.848. The van der Waals surface area contributed by atoms with Crippen LogP contribution in [0.15, 0.2) is 60.8 Å². The minimum atomic E-state index is -4.39. The number of rotatable bonds is 74. The summed E-state index contributed by atoms with van der Waals surface area (Å²) >= 11 is 0. The summed E-state index contributed by atoms with van der Waals surface area (Å²) in [4.78, 5) is 35.4. The monoisotopic (exact) mass is 1270 g/mol. The lowest BCUT2D eigenvalue weighted by Crippen LogP contribution is -2.29. The number of carbonyl (C=O) groups is 2. The van der Waals surface area contributed by atoms with Gasteiger partial charge in [-0.05, 0) is 83.5 Å². The fourth-order valence-electron chi connectivity index (χ4n) is 11.6. The van der Waals surface area contributed by atoms with E-state index in [0.29, 0.717) is 6.42 Å². The second kappa shape index (κ2) is 74.7. The summed E-state index contributed by atoms with van der Waals surface area (Å²) in [5.41, 5.74) is 5.41. The maximum Gasteiger partial charge on any atom is 0.472 e. The average Bonchev–Trinajstić information content (AvgIpc) is 3.58. The first kappa shape index (κ1) is 86.7. The van der Waals surface area contributed by atoms with E-state index in [1.165, 1.54) is 315 Å². The van der Waals surface area contributed by atoms with Gasteiger partial charge in [0, 0.05) is 19.4 Å². The molecule has 0 fully saturated rings. The van der Waals surface area contributed by atoms with Gasteiger partial charge in [0.25, 0.3) is 0 Å². The van der Waals surface area contributed by atoms with Crippen LogP contribution >= 0.6 is 7.82 Å². The van der Waals surface area contributed by atoms with Crippen molar-refractivity contribution in [3.63, 3.8) is 0 Å². The third-order valence-corrected chi connectivity index (χ3v) is 18.4. The number of phosphoric ester groups is 1. The zero-order valence-corrected chi connectivity index (χ0v) is 59.8. The van der Waals surface area contributed by atoms with Gasteiger partial charge in [0.05, 0.1) is 13.2 Å². The van der Waals surface area contributed by atoms with Crippen LogP contribution in [0.4, 0.5) is 0 Å². The van der Waals surface area contributed by atoms with Gasteiger partial charge in [-0.1, -0.05) is 364 Å². The molecule has 0 saturated heterocycles. The third-order valence-electron chi connectivity index (χ3n) is 17.4. The van der Waals surface area contributed by atoms with Crippen LogP contribution < -0.4 is 5.73 Å². The van der Waals surface area contributed by atoms with Crippen LogP contribution in [0, 0.1) is 0 Å². The van der Waals surface area contributed by atoms with E-state index in [1.54, 1.807) is 0 Å². The second-order valence-corrected chi connectivity index (χ2v) is 27.7. The number of hydrogen-bond acceptors (Lipinski definition) is 8. The number of hydrogen-bond donors (Lipinski definition) is 2. The van der Waals surface area contributed by atoms with Gasteiger partial charge in [-0.25, -0.2) is 4.57 Å². The third kappa shape index (κ3) is 74.6. The standard InChI is InChI=1S/C79H148NO8P/c1-3-5-7-9-11-13-15-17-19-21-23-25-27-29-31-32-33-34-35-36-37-38-39-40-41-42-43-44-46-48-50-52-54-56-58-60-62-64-66-68-70-72-79(82)88-77(76-87-89(83,84)86-74-73-80)75-85-78(81)71-69-67-65-63-61-59-57-55-53-51-49-47-45-30-28-26-24-22-20-18-16-14-12-10-8-6-4-2/h15-18,21-24,27,29,77H,3-14,19-20,25-26,28,30-76,80H2,1-2H3,(H,83,84)/b17-15-,18-16-,23-21-,24-22-,29-27-. The normalized spacial score (nSPS) is 13.2. The van der Waals surface area contributed by atoms with Crippen LogP contribution in [0.5, 0.6) is 0 Å². The first-order chi connectivity index (χ1) is 43.8. The van der Waals surface area contributed by atoms with Gasteiger partial charge in [-0.15, -0.1) is 0 Å². The van der Waals surface area contributed by atoms with Gasteiger partial charge in [0.2, 0.25) is 0 Å². The molecule has 3 N–H and O–H groups in total. The van der Waals surface area contributed by atoms with Crippen LogP contribution in [0.2, 0.25) is 0 Å². The van der Waals surface area contributed by atoms with Crippen molar-refractivity contribution in [2.45, 2.75) is 405 Å². The van der Waals surface area contributed by atoms with Crippen molar-refractivity contribution < 1.29 is 37.6 Å². The van der Waals surface area contributed by atoms with E-state index in [4.69, 9.17) is 24.3 Å². The maximum atomic E-state index is 12.8. The molecule has 0 heterocycles. The number of allylic oxidation sites excluding steroid dienone is 10. The Morgan fingerprint density at radius 1 is 0.337 bits per heavy atom. The Hall–Kier alpha value is -2.29. The fourth-order valence-corrected chi connectivity index (χ4v) is 12.4. The molecule has 0 amide bonds. The predicted octanol–water partition coefficient (Wildman–Crippen LogP) is 25.8. The van der Waals surface area contributed by atoms with Crippen LogP contribution in [-0.2, 0) is 32.7 Å². The Labute approximate surface area is 552 Å². The van der Waals surface area contributed by atoms with E-state index < -0.39 is 26.5 Å². The highest BCUT2D eigenvalue weighted by molar-refractivity contribution is 7.47. The highest BCUT2D eigenvalue weighted by Gasteiger charge is 2.26. The van der Waals surface area contributed by atoms with Crippen molar-refractivity contribution in [3.8, 4) is 0 Å². The van der Waals surface area contributed by atoms with Crippen LogP contribution in [0.25, 0.3) is 0 Å². The summed E-state index contributed by atoms with van der Waals surface area (Å²) in [5, 5.41) is 0. The lowest BCUT2D eigenvalue weighted by molar-refractivity contribution is -0.161. The first-order valence-electron chi connectivity index (χ1n) is 38.8. The highest BCUT2D eigenvalue weighted by Crippen LogP contribution is 2.43. The van der Waals surface area contributed by atoms with E-state index in [-0.39, 0.29) is 38.6 Å². The van der Waals surface area contributed by atoms with Crippen LogP contribution in [0.3, 0.4) is 0 Å². The Bertz CT molecular complexity index is 1640. The summed E-state index contributed by atoms with van der Waals surface area (Å²) in [5.74, 6) is -0.807. The molecule has 0 aliphatic carbocycles. The summed E-state index contributed by atoms with van der Waals surface area (Å²) in [7, 11) is -4.39. The van der Waals surface area contributed by atoms with E-state index in [9.17, 15) is 19.0 Å². The summed E-state index contributed by atoms with van der Waals surface area (Å²) in [6.45, 7) is 3.79.